The van der Waals surface area contributed by atoms with E-state index < -0.39 is 6.16 Å². The van der Waals surface area contributed by atoms with Crippen LogP contribution in [0.25, 0.3) is 0 Å². The maximum absolute atomic E-state index is 10.7. The topological polar surface area (TPSA) is 61.8 Å². The lowest BCUT2D eigenvalue weighted by Crippen LogP contribution is -2.05. The Kier molecular flexibility index (Phi) is 7.59. The predicted molar refractivity (Wildman–Crippen MR) is 48.8 cm³/mol. The summed E-state index contributed by atoms with van der Waals surface area (Å²) >= 11 is 0. The molecule has 0 heterocycles. The molecule has 5 heteroatoms. The molecule has 5 nitrogen and oxygen atoms in total. The minimum Gasteiger partial charge on any atom is -0.469 e. The van der Waals surface area contributed by atoms with Gasteiger partial charge in [-0.05, 0) is 19.3 Å². The Hall–Kier alpha value is -1.26. The molecular formula is C9H16O5. The highest BCUT2D eigenvalue weighted by Crippen LogP contribution is 2.01. The minimum absolute atomic E-state index is 0.209. The number of carbonyl (C=O) groups excluding carboxylic acids is 2. The standard InChI is InChI=1S/C9H16O5/c1-12-8(10)6-4-3-5-7-14-9(11)13-2/h3-7H2,1-2H3. The summed E-state index contributed by atoms with van der Waals surface area (Å²) in [6, 6.07) is 0. The predicted octanol–water partition coefficient (Wildman–Crippen LogP) is 1.50. The third-order valence-corrected chi connectivity index (χ3v) is 1.64. The molecule has 0 aliphatic heterocycles. The van der Waals surface area contributed by atoms with Crippen LogP contribution in [0.1, 0.15) is 25.7 Å². The molecule has 0 spiro atoms. The Labute approximate surface area is 83.3 Å². The summed E-state index contributed by atoms with van der Waals surface area (Å²) in [5, 5.41) is 0. The number of unbranched alkanes of at least 4 members (excludes halogenated alkanes) is 2. The van der Waals surface area contributed by atoms with Crippen LogP contribution in [0.3, 0.4) is 0 Å². The number of hydrogen-bond acceptors (Lipinski definition) is 5. The molecule has 0 aromatic carbocycles. The zero-order valence-electron chi connectivity index (χ0n) is 8.58. The van der Waals surface area contributed by atoms with Gasteiger partial charge in [0.15, 0.2) is 0 Å². The first-order chi connectivity index (χ1) is 6.70. The van der Waals surface area contributed by atoms with Gasteiger partial charge in [0.2, 0.25) is 0 Å². The molecule has 0 aliphatic carbocycles. The summed E-state index contributed by atoms with van der Waals surface area (Å²) in [4.78, 5) is 21.2. The van der Waals surface area contributed by atoms with Crippen LogP contribution in [0.15, 0.2) is 0 Å². The average Bonchev–Trinajstić information content (AvgIpc) is 2.22. The number of rotatable bonds is 6. The second-order valence-corrected chi connectivity index (χ2v) is 2.69. The van der Waals surface area contributed by atoms with Crippen LogP contribution in [-0.4, -0.2) is 33.0 Å². The second kappa shape index (κ2) is 8.34. The van der Waals surface area contributed by atoms with Crippen molar-refractivity contribution in [3.05, 3.63) is 0 Å². The number of carbonyl (C=O) groups is 2. The monoisotopic (exact) mass is 204 g/mol. The summed E-state index contributed by atoms with van der Waals surface area (Å²) < 4.78 is 13.4. The highest BCUT2D eigenvalue weighted by atomic mass is 16.7. The zero-order chi connectivity index (χ0) is 10.8. The lowest BCUT2D eigenvalue weighted by atomic mass is 10.2. The smallest absolute Gasteiger partial charge is 0.469 e. The van der Waals surface area contributed by atoms with Crippen LogP contribution in [0.5, 0.6) is 0 Å². The van der Waals surface area contributed by atoms with Crippen molar-refractivity contribution in [2.24, 2.45) is 0 Å². The Morgan fingerprint density at radius 2 is 1.71 bits per heavy atom. The molecule has 0 saturated heterocycles. The molecule has 0 atom stereocenters. The van der Waals surface area contributed by atoms with E-state index in [0.717, 1.165) is 19.3 Å². The van der Waals surface area contributed by atoms with E-state index in [1.807, 2.05) is 0 Å². The van der Waals surface area contributed by atoms with Gasteiger partial charge in [-0.15, -0.1) is 0 Å². The number of ether oxygens (including phenoxy) is 3. The van der Waals surface area contributed by atoms with Crippen LogP contribution < -0.4 is 0 Å². The van der Waals surface area contributed by atoms with Crippen molar-refractivity contribution in [1.82, 2.24) is 0 Å². The van der Waals surface area contributed by atoms with Crippen LogP contribution in [-0.2, 0) is 19.0 Å². The maximum Gasteiger partial charge on any atom is 0.507 e. The molecule has 0 bridgehead atoms. The first-order valence-corrected chi connectivity index (χ1v) is 4.48. The first-order valence-electron chi connectivity index (χ1n) is 4.48. The first kappa shape index (κ1) is 12.7. The van der Waals surface area contributed by atoms with Crippen molar-refractivity contribution in [3.8, 4) is 0 Å². The Bertz CT molecular complexity index is 158. The highest BCUT2D eigenvalue weighted by molar-refractivity contribution is 5.68. The maximum atomic E-state index is 10.7. The van der Waals surface area contributed by atoms with E-state index in [2.05, 4.69) is 14.2 Å². The Morgan fingerprint density at radius 3 is 2.29 bits per heavy atom. The molecule has 0 aromatic heterocycles. The van der Waals surface area contributed by atoms with Crippen molar-refractivity contribution >= 4 is 12.1 Å². The van der Waals surface area contributed by atoms with Crippen molar-refractivity contribution < 1.29 is 23.8 Å². The third kappa shape index (κ3) is 7.39. The van der Waals surface area contributed by atoms with Gasteiger partial charge in [0.25, 0.3) is 0 Å². The molecule has 0 aliphatic rings. The van der Waals surface area contributed by atoms with E-state index in [0.29, 0.717) is 13.0 Å². The van der Waals surface area contributed by atoms with Gasteiger partial charge in [-0.1, -0.05) is 0 Å². The molecule has 82 valence electrons. The molecule has 14 heavy (non-hydrogen) atoms. The Balaban J connectivity index is 3.14. The molecule has 0 rings (SSSR count). The molecule has 0 saturated carbocycles. The molecule has 0 aromatic rings. The van der Waals surface area contributed by atoms with Crippen molar-refractivity contribution in [2.75, 3.05) is 20.8 Å². The van der Waals surface area contributed by atoms with E-state index in [1.54, 1.807) is 0 Å². The molecule has 0 unspecified atom stereocenters. The molecular weight excluding hydrogens is 188 g/mol. The molecule has 0 N–H and O–H groups in total. The summed E-state index contributed by atoms with van der Waals surface area (Å²) in [5.74, 6) is -0.209. The van der Waals surface area contributed by atoms with Crippen molar-refractivity contribution in [1.29, 1.82) is 0 Å². The van der Waals surface area contributed by atoms with E-state index in [-0.39, 0.29) is 5.97 Å². The van der Waals surface area contributed by atoms with Gasteiger partial charge in [0.1, 0.15) is 0 Å². The number of hydrogen-bond donors (Lipinski definition) is 0. The molecule has 0 fully saturated rings. The molecule has 0 radical (unpaired) electrons. The highest BCUT2D eigenvalue weighted by Gasteiger charge is 2.01. The van der Waals surface area contributed by atoms with Crippen molar-refractivity contribution in [3.63, 3.8) is 0 Å². The van der Waals surface area contributed by atoms with E-state index in [9.17, 15) is 9.59 Å². The van der Waals surface area contributed by atoms with Gasteiger partial charge < -0.3 is 14.2 Å². The summed E-state index contributed by atoms with van der Waals surface area (Å²) in [5.41, 5.74) is 0. The lowest BCUT2D eigenvalue weighted by Gasteiger charge is -2.02. The largest absolute Gasteiger partial charge is 0.507 e. The van der Waals surface area contributed by atoms with E-state index in [4.69, 9.17) is 0 Å². The average molecular weight is 204 g/mol. The fourth-order valence-electron chi connectivity index (χ4n) is 0.865. The van der Waals surface area contributed by atoms with Gasteiger partial charge in [-0.3, -0.25) is 4.79 Å². The minimum atomic E-state index is -0.669. The van der Waals surface area contributed by atoms with E-state index in [1.165, 1.54) is 14.2 Å². The summed E-state index contributed by atoms with van der Waals surface area (Å²) in [7, 11) is 2.63. The van der Waals surface area contributed by atoms with Crippen LogP contribution in [0.4, 0.5) is 4.79 Å². The Morgan fingerprint density at radius 1 is 1.00 bits per heavy atom. The van der Waals surface area contributed by atoms with Gasteiger partial charge in [-0.2, -0.15) is 0 Å². The van der Waals surface area contributed by atoms with Gasteiger partial charge in [0.05, 0.1) is 20.8 Å². The quantitative estimate of drug-likeness (QED) is 0.484. The third-order valence-electron chi connectivity index (χ3n) is 1.64. The summed E-state index contributed by atoms with van der Waals surface area (Å²) in [6.07, 6.45) is 2.04. The van der Waals surface area contributed by atoms with Gasteiger partial charge >= 0.3 is 12.1 Å². The lowest BCUT2D eigenvalue weighted by molar-refractivity contribution is -0.140. The normalized spacial score (nSPS) is 9.29. The van der Waals surface area contributed by atoms with Gasteiger partial charge in [-0.25, -0.2) is 4.79 Å². The van der Waals surface area contributed by atoms with Crippen LogP contribution in [0.2, 0.25) is 0 Å². The van der Waals surface area contributed by atoms with Crippen molar-refractivity contribution in [2.45, 2.75) is 25.7 Å². The van der Waals surface area contributed by atoms with Crippen LogP contribution in [0, 0.1) is 0 Å². The second-order valence-electron chi connectivity index (χ2n) is 2.69. The number of esters is 1. The zero-order valence-corrected chi connectivity index (χ0v) is 8.58. The SMILES string of the molecule is COC(=O)CCCCCOC(=O)OC. The number of methoxy groups -OCH3 is 2. The van der Waals surface area contributed by atoms with Gasteiger partial charge in [0, 0.05) is 6.42 Å². The fraction of sp³-hybridized carbons (Fsp3) is 0.778. The van der Waals surface area contributed by atoms with E-state index >= 15 is 0 Å². The molecule has 0 amide bonds. The van der Waals surface area contributed by atoms with Crippen LogP contribution >= 0.6 is 0 Å². The fourth-order valence-corrected chi connectivity index (χ4v) is 0.865. The summed E-state index contributed by atoms with van der Waals surface area (Å²) in [6.45, 7) is 0.327.